The van der Waals surface area contributed by atoms with Gasteiger partial charge in [-0.15, -0.1) is 0 Å². The van der Waals surface area contributed by atoms with E-state index in [1.165, 1.54) is 43.5 Å². The number of aliphatic hydroxyl groups is 2. The summed E-state index contributed by atoms with van der Waals surface area (Å²) in [5, 5.41) is 68.7. The van der Waals surface area contributed by atoms with Crippen molar-refractivity contribution in [3.8, 4) is 23.0 Å². The van der Waals surface area contributed by atoms with Crippen LogP contribution in [0.2, 0.25) is 0 Å². The molecule has 3 rings (SSSR count). The smallest absolute Gasteiger partial charge is 0.348 e. The highest BCUT2D eigenvalue weighted by atomic mass is 16.6. The van der Waals surface area contributed by atoms with E-state index in [1.54, 1.807) is 0 Å². The van der Waals surface area contributed by atoms with E-state index in [2.05, 4.69) is 0 Å². The number of hydrogen-bond donors (Lipinski definition) is 7. The number of methoxy groups -OCH3 is 1. The number of carboxylic acid groups (broad SMARTS) is 1. The highest BCUT2D eigenvalue weighted by Gasteiger charge is 2.54. The van der Waals surface area contributed by atoms with Gasteiger partial charge >= 0.3 is 17.9 Å². The number of phenolic OH excluding ortho intramolecular Hbond substituents is 4. The monoisotopic (exact) mass is 548 g/mol. The Balaban J connectivity index is 1.73. The number of aliphatic hydroxyl groups excluding tert-OH is 2. The van der Waals surface area contributed by atoms with Gasteiger partial charge in [0.25, 0.3) is 0 Å². The topological polar surface area (TPSA) is 221 Å². The summed E-state index contributed by atoms with van der Waals surface area (Å²) in [5.74, 6) is -5.39. The van der Waals surface area contributed by atoms with E-state index >= 15 is 0 Å². The molecule has 13 heteroatoms. The number of carbonyl (C=O) groups excluding carboxylic acids is 2. The van der Waals surface area contributed by atoms with Gasteiger partial charge in [-0.3, -0.25) is 4.79 Å². The fraction of sp³-hybridized carbons (Fsp3) is 0.346. The Morgan fingerprint density at radius 2 is 1.62 bits per heavy atom. The Morgan fingerprint density at radius 1 is 0.974 bits per heavy atom. The van der Waals surface area contributed by atoms with Crippen molar-refractivity contribution >= 4 is 24.0 Å². The van der Waals surface area contributed by atoms with Crippen molar-refractivity contribution in [1.29, 1.82) is 0 Å². The summed E-state index contributed by atoms with van der Waals surface area (Å²) in [6.45, 7) is 0. The molecule has 2 aromatic carbocycles. The number of benzene rings is 2. The van der Waals surface area contributed by atoms with Crippen molar-refractivity contribution in [3.05, 3.63) is 53.6 Å². The lowest BCUT2D eigenvalue weighted by molar-refractivity contribution is -0.209. The molecular formula is C26H28O13. The van der Waals surface area contributed by atoms with Gasteiger partial charge in [0.05, 0.1) is 18.6 Å². The minimum atomic E-state index is -2.36. The summed E-state index contributed by atoms with van der Waals surface area (Å²) in [6.07, 6.45) is -5.69. The molecular weight excluding hydrogens is 520 g/mol. The van der Waals surface area contributed by atoms with Gasteiger partial charge in [0.15, 0.2) is 23.0 Å². The van der Waals surface area contributed by atoms with Crippen LogP contribution in [0.3, 0.4) is 0 Å². The maximum absolute atomic E-state index is 12.7. The second kappa shape index (κ2) is 12.0. The number of esters is 2. The third-order valence-electron chi connectivity index (χ3n) is 6.23. The lowest BCUT2D eigenvalue weighted by atomic mass is 9.79. The molecule has 0 aliphatic heterocycles. The quantitative estimate of drug-likeness (QED) is 0.133. The van der Waals surface area contributed by atoms with Gasteiger partial charge in [0, 0.05) is 26.0 Å². The molecule has 5 unspecified atom stereocenters. The Morgan fingerprint density at radius 3 is 2.21 bits per heavy atom. The number of hydrogen-bond acceptors (Lipinski definition) is 12. The zero-order valence-corrected chi connectivity index (χ0v) is 20.6. The van der Waals surface area contributed by atoms with Gasteiger partial charge in [0.1, 0.15) is 12.2 Å². The SMILES string of the molecule is COC(CC(=O)OC1CC(OC(=O)C=Cc2ccc(O)c(O)c2)(C(=O)O)CC(O)C1O)c1ccc(O)c(O)c1. The maximum atomic E-state index is 12.7. The molecule has 0 heterocycles. The number of phenols is 4. The van der Waals surface area contributed by atoms with Crippen LogP contribution in [0.1, 0.15) is 36.5 Å². The van der Waals surface area contributed by atoms with Crippen molar-refractivity contribution in [1.82, 2.24) is 0 Å². The molecule has 7 N–H and O–H groups in total. The molecule has 1 aliphatic carbocycles. The lowest BCUT2D eigenvalue weighted by Gasteiger charge is -2.41. The van der Waals surface area contributed by atoms with E-state index < -0.39 is 78.7 Å². The van der Waals surface area contributed by atoms with E-state index in [0.29, 0.717) is 5.56 Å². The first-order chi connectivity index (χ1) is 18.3. The number of aromatic hydroxyl groups is 4. The van der Waals surface area contributed by atoms with Crippen LogP contribution in [0, 0.1) is 0 Å². The van der Waals surface area contributed by atoms with Gasteiger partial charge < -0.3 is 50.0 Å². The summed E-state index contributed by atoms with van der Waals surface area (Å²) < 4.78 is 15.7. The number of aliphatic carboxylic acids is 1. The van der Waals surface area contributed by atoms with E-state index in [0.717, 1.165) is 12.1 Å². The minimum Gasteiger partial charge on any atom is -0.504 e. The lowest BCUT2D eigenvalue weighted by Crippen LogP contribution is -2.58. The van der Waals surface area contributed by atoms with Crippen molar-refractivity contribution in [2.75, 3.05) is 7.11 Å². The van der Waals surface area contributed by atoms with Crippen molar-refractivity contribution < 1.29 is 64.3 Å². The molecule has 0 spiro atoms. The molecule has 39 heavy (non-hydrogen) atoms. The molecule has 0 radical (unpaired) electrons. The summed E-state index contributed by atoms with van der Waals surface area (Å²) in [4.78, 5) is 37.3. The van der Waals surface area contributed by atoms with Crippen LogP contribution >= 0.6 is 0 Å². The summed E-state index contributed by atoms with van der Waals surface area (Å²) in [6, 6.07) is 7.46. The Hall–Kier alpha value is -4.33. The molecule has 1 fully saturated rings. The summed E-state index contributed by atoms with van der Waals surface area (Å²) >= 11 is 0. The zero-order chi connectivity index (χ0) is 28.9. The molecule has 0 bridgehead atoms. The number of ether oxygens (including phenoxy) is 3. The van der Waals surface area contributed by atoms with E-state index in [4.69, 9.17) is 14.2 Å². The fourth-order valence-electron chi connectivity index (χ4n) is 4.13. The predicted octanol–water partition coefficient (Wildman–Crippen LogP) is 1.09. The molecule has 1 aliphatic rings. The van der Waals surface area contributed by atoms with Gasteiger partial charge in [-0.1, -0.05) is 12.1 Å². The predicted molar refractivity (Wildman–Crippen MR) is 131 cm³/mol. The van der Waals surface area contributed by atoms with E-state index in [1.807, 2.05) is 0 Å². The molecule has 210 valence electrons. The molecule has 0 aromatic heterocycles. The van der Waals surface area contributed by atoms with Crippen molar-refractivity contribution in [2.45, 2.75) is 49.3 Å². The first-order valence-corrected chi connectivity index (χ1v) is 11.6. The number of carbonyl (C=O) groups is 3. The molecule has 5 atom stereocenters. The largest absolute Gasteiger partial charge is 0.504 e. The van der Waals surface area contributed by atoms with Crippen molar-refractivity contribution in [2.24, 2.45) is 0 Å². The second-order valence-corrected chi connectivity index (χ2v) is 8.97. The van der Waals surface area contributed by atoms with Crippen LogP contribution < -0.4 is 0 Å². The van der Waals surface area contributed by atoms with Crippen LogP contribution in [-0.2, 0) is 28.6 Å². The molecule has 0 saturated heterocycles. The number of rotatable bonds is 9. The summed E-state index contributed by atoms with van der Waals surface area (Å²) in [5.41, 5.74) is -1.75. The zero-order valence-electron chi connectivity index (χ0n) is 20.6. The van der Waals surface area contributed by atoms with Crippen molar-refractivity contribution in [3.63, 3.8) is 0 Å². The standard InChI is InChI=1S/C26H28O13/c1-37-20(14-4-6-16(28)18(30)9-14)10-23(33)38-21-12-26(25(35)36,11-19(31)24(21)34)39-22(32)7-3-13-2-5-15(27)17(29)8-13/h2-9,19-21,24,27-31,34H,10-12H2,1H3,(H,35,36). The Bertz CT molecular complexity index is 1260. The van der Waals surface area contributed by atoms with Crippen LogP contribution in [0.15, 0.2) is 42.5 Å². The van der Waals surface area contributed by atoms with Crippen LogP contribution in [0.4, 0.5) is 0 Å². The molecule has 13 nitrogen and oxygen atoms in total. The molecule has 2 aromatic rings. The van der Waals surface area contributed by atoms with Crippen LogP contribution in [0.25, 0.3) is 6.08 Å². The highest BCUT2D eigenvalue weighted by molar-refractivity contribution is 5.90. The Kier molecular flexibility index (Phi) is 9.01. The van der Waals surface area contributed by atoms with Crippen LogP contribution in [0.5, 0.6) is 23.0 Å². The number of carboxylic acids is 1. The summed E-state index contributed by atoms with van der Waals surface area (Å²) in [7, 11) is 1.28. The third kappa shape index (κ3) is 6.96. The fourth-order valence-corrected chi connectivity index (χ4v) is 4.13. The van der Waals surface area contributed by atoms with Gasteiger partial charge in [-0.25, -0.2) is 9.59 Å². The molecule has 0 amide bonds. The maximum Gasteiger partial charge on any atom is 0.348 e. The highest BCUT2D eigenvalue weighted by Crippen LogP contribution is 2.36. The second-order valence-electron chi connectivity index (χ2n) is 8.97. The normalized spacial score (nSPS) is 23.7. The molecule has 1 saturated carbocycles. The van der Waals surface area contributed by atoms with Gasteiger partial charge in [0.2, 0.25) is 5.60 Å². The average Bonchev–Trinajstić information content (AvgIpc) is 2.87. The third-order valence-corrected chi connectivity index (χ3v) is 6.23. The van der Waals surface area contributed by atoms with Gasteiger partial charge in [-0.05, 0) is 41.5 Å². The van der Waals surface area contributed by atoms with Crippen LogP contribution in [-0.4, -0.2) is 84.7 Å². The minimum absolute atomic E-state index is 0.284. The van der Waals surface area contributed by atoms with Gasteiger partial charge in [-0.2, -0.15) is 0 Å². The Labute approximate surface area is 221 Å². The van der Waals surface area contributed by atoms with E-state index in [-0.39, 0.29) is 17.1 Å². The van der Waals surface area contributed by atoms with E-state index in [9.17, 15) is 50.1 Å². The average molecular weight is 548 g/mol. The first-order valence-electron chi connectivity index (χ1n) is 11.6. The first kappa shape index (κ1) is 29.2.